The molecule has 1 aromatic heterocycles. The van der Waals surface area contributed by atoms with Gasteiger partial charge in [0.2, 0.25) is 0 Å². The fourth-order valence-electron chi connectivity index (χ4n) is 1.34. The normalized spacial score (nSPS) is 16.5. The van der Waals surface area contributed by atoms with Crippen LogP contribution in [0.5, 0.6) is 0 Å². The van der Waals surface area contributed by atoms with Gasteiger partial charge in [-0.05, 0) is 0 Å². The number of hydrogen-bond donors (Lipinski definition) is 0. The molecule has 0 bridgehead atoms. The largest absolute Gasteiger partial charge is 0.328 e. The summed E-state index contributed by atoms with van der Waals surface area (Å²) >= 11 is 6.89. The molecule has 1 aliphatic heterocycles. The van der Waals surface area contributed by atoms with E-state index in [0.717, 1.165) is 0 Å². The van der Waals surface area contributed by atoms with Gasteiger partial charge in [-0.2, -0.15) is 0 Å². The summed E-state index contributed by atoms with van der Waals surface area (Å²) in [6, 6.07) is 0. The highest BCUT2D eigenvalue weighted by Gasteiger charge is 2.26. The predicted octanol–water partition coefficient (Wildman–Crippen LogP) is 0.604. The molecule has 0 saturated heterocycles. The van der Waals surface area contributed by atoms with Crippen LogP contribution in [0.25, 0.3) is 0 Å². The Balaban J connectivity index is 2.28. The molecule has 0 N–H and O–H groups in total. The molecule has 14 heavy (non-hydrogen) atoms. The lowest BCUT2D eigenvalue weighted by atomic mass is 9.91. The summed E-state index contributed by atoms with van der Waals surface area (Å²) in [5.41, 5.74) is 0.661. The molecule has 0 aliphatic carbocycles. The molecule has 0 spiro atoms. The van der Waals surface area contributed by atoms with E-state index >= 15 is 0 Å². The molecule has 1 aromatic rings. The first-order valence-corrected chi connectivity index (χ1v) is 5.11. The Morgan fingerprint density at radius 3 is 3.07 bits per heavy atom. The van der Waals surface area contributed by atoms with E-state index in [2.05, 4.69) is 4.98 Å². The second kappa shape index (κ2) is 3.80. The van der Waals surface area contributed by atoms with E-state index in [0.29, 0.717) is 27.8 Å². The third kappa shape index (κ3) is 1.73. The summed E-state index contributed by atoms with van der Waals surface area (Å²) in [5, 5.41) is 0. The van der Waals surface area contributed by atoms with E-state index in [-0.39, 0.29) is 12.3 Å². The monoisotopic (exact) mass is 227 g/mol. The minimum atomic E-state index is -0.0336. The molecule has 1 radical (unpaired) electrons. The van der Waals surface area contributed by atoms with Crippen LogP contribution in [-0.4, -0.2) is 35.7 Å². The maximum Gasteiger partial charge on any atom is 0.293 e. The van der Waals surface area contributed by atoms with E-state index in [9.17, 15) is 9.59 Å². The number of carbonyl (C=O) groups is 2. The van der Waals surface area contributed by atoms with Crippen LogP contribution in [0.3, 0.4) is 0 Å². The highest BCUT2D eigenvalue weighted by atomic mass is 35.5. The van der Waals surface area contributed by atoms with Gasteiger partial charge in [-0.3, -0.25) is 4.79 Å². The number of carbonyl (C=O) groups excluding carboxylic acids is 2. The summed E-state index contributed by atoms with van der Waals surface area (Å²) in [6.45, 7) is 0.702. The minimum absolute atomic E-state index is 0.0336. The van der Waals surface area contributed by atoms with Gasteiger partial charge in [-0.1, -0.05) is 22.9 Å². The Bertz CT molecular complexity index is 395. The van der Waals surface area contributed by atoms with Gasteiger partial charge in [0.1, 0.15) is 0 Å². The number of halogens is 1. The highest BCUT2D eigenvalue weighted by Crippen LogP contribution is 2.27. The Labute approximate surface area is 90.1 Å². The van der Waals surface area contributed by atoms with Crippen molar-refractivity contribution in [1.29, 1.82) is 0 Å². The number of aromatic nitrogens is 1. The minimum Gasteiger partial charge on any atom is -0.328 e. The first-order valence-electron chi connectivity index (χ1n) is 3.92. The van der Waals surface area contributed by atoms with Crippen LogP contribution >= 0.6 is 22.9 Å². The lowest BCUT2D eigenvalue weighted by molar-refractivity contribution is 0.0954. The van der Waals surface area contributed by atoms with Gasteiger partial charge in [0, 0.05) is 6.54 Å². The van der Waals surface area contributed by atoms with Crippen LogP contribution in [-0.2, 0) is 11.3 Å². The summed E-state index contributed by atoms with van der Waals surface area (Å²) in [4.78, 5) is 28.0. The summed E-state index contributed by atoms with van der Waals surface area (Å²) < 4.78 is 0.372. The maximum absolute atomic E-state index is 11.5. The molecule has 2 rings (SSSR count). The van der Waals surface area contributed by atoms with Crippen molar-refractivity contribution < 1.29 is 9.59 Å². The predicted molar refractivity (Wildman–Crippen MR) is 54.4 cm³/mol. The van der Waals surface area contributed by atoms with Crippen molar-refractivity contribution in [3.8, 4) is 0 Å². The first-order chi connectivity index (χ1) is 6.70. The molecule has 0 amide bonds. The lowest BCUT2D eigenvalue weighted by Gasteiger charge is -2.21. The van der Waals surface area contributed by atoms with Crippen LogP contribution in [0.4, 0.5) is 0 Å². The maximum atomic E-state index is 11.5. The van der Waals surface area contributed by atoms with Gasteiger partial charge >= 0.3 is 0 Å². The molecule has 71 valence electrons. The fraction of sp³-hybridized carbons (Fsp3) is 0.286. The van der Waals surface area contributed by atoms with Gasteiger partial charge in [-0.15, -0.1) is 0 Å². The van der Waals surface area contributed by atoms with E-state index in [1.54, 1.807) is 4.81 Å². The summed E-state index contributed by atoms with van der Waals surface area (Å²) in [7, 11) is 1.34. The van der Waals surface area contributed by atoms with Gasteiger partial charge in [0.05, 0.1) is 23.3 Å². The van der Waals surface area contributed by atoms with Crippen molar-refractivity contribution in [2.75, 3.05) is 6.54 Å². The van der Waals surface area contributed by atoms with E-state index < -0.39 is 0 Å². The van der Waals surface area contributed by atoms with Crippen molar-refractivity contribution in [3.05, 3.63) is 15.0 Å². The lowest BCUT2D eigenvalue weighted by Crippen LogP contribution is -2.37. The molecule has 0 saturated carbocycles. The number of Topliss-reactive ketones (excluding diaryl/α,β-unsaturated/α-hetero) is 1. The topological polar surface area (TPSA) is 50.3 Å². The van der Waals surface area contributed by atoms with Gasteiger partial charge in [-0.25, -0.2) is 4.98 Å². The molecule has 0 aromatic carbocycles. The first kappa shape index (κ1) is 9.83. The van der Waals surface area contributed by atoms with Crippen molar-refractivity contribution in [3.63, 3.8) is 0 Å². The second-order valence-corrected chi connectivity index (χ2v) is 4.44. The van der Waals surface area contributed by atoms with Crippen molar-refractivity contribution in [1.82, 2.24) is 9.79 Å². The van der Waals surface area contributed by atoms with Gasteiger partial charge < -0.3 is 9.61 Å². The van der Waals surface area contributed by atoms with Crippen LogP contribution in [0.1, 0.15) is 15.4 Å². The van der Waals surface area contributed by atoms with Crippen molar-refractivity contribution >= 4 is 42.3 Å². The number of hydrogen-bond acceptors (Lipinski definition) is 5. The zero-order valence-electron chi connectivity index (χ0n) is 7.07. The van der Waals surface area contributed by atoms with Crippen LogP contribution in [0, 0.1) is 0 Å². The second-order valence-electron chi connectivity index (χ2n) is 2.86. The van der Waals surface area contributed by atoms with Crippen LogP contribution in [0.15, 0.2) is 0 Å². The van der Waals surface area contributed by atoms with E-state index in [1.165, 1.54) is 18.8 Å². The standard InChI is InChI=1S/C7H5BClN2O2S/c9-7-10-4-1-11(8-3-12)2-5(13)6(4)14-7/h3H,1-2H2. The number of thiazole rings is 1. The van der Waals surface area contributed by atoms with Gasteiger partial charge in [0.25, 0.3) is 7.41 Å². The molecule has 0 unspecified atom stereocenters. The Morgan fingerprint density at radius 2 is 2.36 bits per heavy atom. The molecule has 1 aliphatic rings. The number of nitrogens with zero attached hydrogens (tertiary/aromatic N) is 2. The summed E-state index contributed by atoms with van der Waals surface area (Å²) in [5.74, 6) is -0.0336. The number of ketones is 1. The zero-order chi connectivity index (χ0) is 10.1. The Hall–Kier alpha value is -0.715. The van der Waals surface area contributed by atoms with E-state index in [4.69, 9.17) is 11.6 Å². The Morgan fingerprint density at radius 1 is 1.57 bits per heavy atom. The SMILES string of the molecule is O=C[B]N1CC(=O)c2sc(Cl)nc2C1. The zero-order valence-corrected chi connectivity index (χ0v) is 8.64. The average molecular weight is 227 g/mol. The fourth-order valence-corrected chi connectivity index (χ4v) is 2.41. The van der Waals surface area contributed by atoms with Gasteiger partial charge in [0.15, 0.2) is 10.3 Å². The number of fused-ring (bicyclic) bond motifs is 1. The number of rotatable bonds is 2. The molecular formula is C7H5BClN2O2S. The average Bonchev–Trinajstić information content (AvgIpc) is 2.47. The van der Waals surface area contributed by atoms with Crippen LogP contribution in [0.2, 0.25) is 4.47 Å². The Kier molecular flexibility index (Phi) is 2.67. The molecule has 2 heterocycles. The molecule has 0 atom stereocenters. The highest BCUT2D eigenvalue weighted by molar-refractivity contribution is 7.17. The third-order valence-corrected chi connectivity index (χ3v) is 3.14. The molecular weight excluding hydrogens is 222 g/mol. The molecule has 7 heteroatoms. The van der Waals surface area contributed by atoms with Crippen molar-refractivity contribution in [2.45, 2.75) is 6.54 Å². The van der Waals surface area contributed by atoms with Crippen molar-refractivity contribution in [2.24, 2.45) is 0 Å². The quantitative estimate of drug-likeness (QED) is 0.548. The third-order valence-electron chi connectivity index (χ3n) is 1.90. The molecule has 4 nitrogen and oxygen atoms in total. The molecule has 0 fully saturated rings. The summed E-state index contributed by atoms with van der Waals surface area (Å²) in [6.07, 6.45) is 0.659. The smallest absolute Gasteiger partial charge is 0.293 e. The van der Waals surface area contributed by atoms with E-state index in [1.807, 2.05) is 0 Å². The van der Waals surface area contributed by atoms with Crippen LogP contribution < -0.4 is 0 Å².